The summed E-state index contributed by atoms with van der Waals surface area (Å²) in [5.41, 5.74) is 3.83. The van der Waals surface area contributed by atoms with Gasteiger partial charge in [-0.3, -0.25) is 9.88 Å². The highest BCUT2D eigenvalue weighted by Gasteiger charge is 2.18. The van der Waals surface area contributed by atoms with E-state index in [0.29, 0.717) is 6.04 Å². The van der Waals surface area contributed by atoms with Crippen molar-refractivity contribution in [1.29, 1.82) is 0 Å². The van der Waals surface area contributed by atoms with Crippen LogP contribution >= 0.6 is 0 Å². The van der Waals surface area contributed by atoms with E-state index in [2.05, 4.69) is 56.6 Å². The van der Waals surface area contributed by atoms with E-state index < -0.39 is 0 Å². The van der Waals surface area contributed by atoms with E-state index >= 15 is 0 Å². The summed E-state index contributed by atoms with van der Waals surface area (Å²) in [5.74, 6) is 0. The fraction of sp³-hybridized carbons (Fsp3) is 0.333. The lowest BCUT2D eigenvalue weighted by Gasteiger charge is -2.32. The molecule has 134 valence electrons. The zero-order valence-electron chi connectivity index (χ0n) is 15.0. The number of nitrogens with zero attached hydrogens (tertiary/aromatic N) is 4. The van der Waals surface area contributed by atoms with E-state index in [0.717, 1.165) is 31.9 Å². The fourth-order valence-electron chi connectivity index (χ4n) is 3.50. The summed E-state index contributed by atoms with van der Waals surface area (Å²) in [4.78, 5) is 10.7. The van der Waals surface area contributed by atoms with Crippen molar-refractivity contribution in [2.45, 2.75) is 32.0 Å². The van der Waals surface area contributed by atoms with Gasteiger partial charge >= 0.3 is 0 Å². The second-order valence-corrected chi connectivity index (χ2v) is 6.92. The monoisotopic (exact) mass is 347 g/mol. The number of benzene rings is 1. The minimum absolute atomic E-state index is 0.608. The summed E-state index contributed by atoms with van der Waals surface area (Å²) >= 11 is 0. The van der Waals surface area contributed by atoms with Gasteiger partial charge in [0, 0.05) is 49.6 Å². The van der Waals surface area contributed by atoms with Gasteiger partial charge in [0.1, 0.15) is 0 Å². The number of pyridine rings is 1. The third kappa shape index (κ3) is 4.36. The van der Waals surface area contributed by atoms with Gasteiger partial charge in [-0.05, 0) is 61.3 Å². The SMILES string of the molecule is c1cc(CN2CCC(NCc3ccc(-n4ccnc4)cc3)CC2)ccn1. The van der Waals surface area contributed by atoms with E-state index in [9.17, 15) is 0 Å². The number of hydrogen-bond acceptors (Lipinski definition) is 4. The van der Waals surface area contributed by atoms with Crippen LogP contribution in [0.3, 0.4) is 0 Å². The predicted molar refractivity (Wildman–Crippen MR) is 103 cm³/mol. The zero-order valence-corrected chi connectivity index (χ0v) is 15.0. The summed E-state index contributed by atoms with van der Waals surface area (Å²) in [6, 6.07) is 13.5. The van der Waals surface area contributed by atoms with Gasteiger partial charge in [0.15, 0.2) is 0 Å². The maximum absolute atomic E-state index is 4.09. The highest BCUT2D eigenvalue weighted by Crippen LogP contribution is 2.15. The molecule has 0 bridgehead atoms. The standard InChI is InChI=1S/C21H25N5/c1-3-21(26-14-11-23-17-26)4-2-18(1)15-24-20-7-12-25(13-8-20)16-19-5-9-22-10-6-19/h1-6,9-11,14,17,20,24H,7-8,12-13,15-16H2. The van der Waals surface area contributed by atoms with Crippen molar-refractivity contribution in [3.8, 4) is 5.69 Å². The molecule has 1 saturated heterocycles. The molecule has 0 atom stereocenters. The zero-order chi connectivity index (χ0) is 17.6. The van der Waals surface area contributed by atoms with E-state index in [1.807, 2.05) is 29.5 Å². The first-order valence-corrected chi connectivity index (χ1v) is 9.29. The lowest BCUT2D eigenvalue weighted by atomic mass is 10.0. The van der Waals surface area contributed by atoms with Crippen LogP contribution in [-0.4, -0.2) is 38.6 Å². The van der Waals surface area contributed by atoms with Crippen molar-refractivity contribution < 1.29 is 0 Å². The first kappa shape index (κ1) is 16.9. The number of hydrogen-bond donors (Lipinski definition) is 1. The van der Waals surface area contributed by atoms with Crippen molar-refractivity contribution in [2.75, 3.05) is 13.1 Å². The Bertz CT molecular complexity index is 775. The number of rotatable bonds is 6. The molecule has 2 aromatic heterocycles. The summed E-state index contributed by atoms with van der Waals surface area (Å²) in [6.07, 6.45) is 11.8. The van der Waals surface area contributed by atoms with Crippen LogP contribution in [0.4, 0.5) is 0 Å². The van der Waals surface area contributed by atoms with Crippen molar-refractivity contribution in [2.24, 2.45) is 0 Å². The molecule has 0 unspecified atom stereocenters. The number of imidazole rings is 1. The molecule has 4 rings (SSSR count). The quantitative estimate of drug-likeness (QED) is 0.744. The lowest BCUT2D eigenvalue weighted by molar-refractivity contribution is 0.190. The second kappa shape index (κ2) is 8.25. The minimum Gasteiger partial charge on any atom is -0.310 e. The van der Waals surface area contributed by atoms with Gasteiger partial charge in [0.2, 0.25) is 0 Å². The number of likely N-dealkylation sites (tertiary alicyclic amines) is 1. The minimum atomic E-state index is 0.608. The van der Waals surface area contributed by atoms with Crippen LogP contribution < -0.4 is 5.32 Å². The molecule has 0 amide bonds. The molecule has 0 saturated carbocycles. The van der Waals surface area contributed by atoms with Gasteiger partial charge < -0.3 is 9.88 Å². The summed E-state index contributed by atoms with van der Waals surface area (Å²) < 4.78 is 2.02. The van der Waals surface area contributed by atoms with Crippen LogP contribution in [0.15, 0.2) is 67.5 Å². The van der Waals surface area contributed by atoms with Crippen LogP contribution in [0, 0.1) is 0 Å². The Morgan fingerprint density at radius 1 is 0.885 bits per heavy atom. The summed E-state index contributed by atoms with van der Waals surface area (Å²) in [6.45, 7) is 4.27. The highest BCUT2D eigenvalue weighted by atomic mass is 15.1. The van der Waals surface area contributed by atoms with Gasteiger partial charge in [-0.15, -0.1) is 0 Å². The number of nitrogens with one attached hydrogen (secondary N) is 1. The predicted octanol–water partition coefficient (Wildman–Crippen LogP) is 3.02. The summed E-state index contributed by atoms with van der Waals surface area (Å²) in [5, 5.41) is 3.72. The molecule has 0 radical (unpaired) electrons. The van der Waals surface area contributed by atoms with Gasteiger partial charge in [0.05, 0.1) is 6.33 Å². The first-order chi connectivity index (χ1) is 12.9. The average molecular weight is 347 g/mol. The molecule has 3 heterocycles. The van der Waals surface area contributed by atoms with Crippen LogP contribution in [0.25, 0.3) is 5.69 Å². The third-order valence-electron chi connectivity index (χ3n) is 5.08. The van der Waals surface area contributed by atoms with Crippen LogP contribution in [-0.2, 0) is 13.1 Å². The van der Waals surface area contributed by atoms with E-state index in [4.69, 9.17) is 0 Å². The summed E-state index contributed by atoms with van der Waals surface area (Å²) in [7, 11) is 0. The smallest absolute Gasteiger partial charge is 0.0991 e. The Balaban J connectivity index is 1.22. The van der Waals surface area contributed by atoms with Gasteiger partial charge in [0.25, 0.3) is 0 Å². The molecule has 3 aromatic rings. The third-order valence-corrected chi connectivity index (χ3v) is 5.08. The van der Waals surface area contributed by atoms with Crippen molar-refractivity contribution in [3.05, 3.63) is 78.6 Å². The van der Waals surface area contributed by atoms with Crippen LogP contribution in [0.1, 0.15) is 24.0 Å². The largest absolute Gasteiger partial charge is 0.310 e. The number of piperidine rings is 1. The fourth-order valence-corrected chi connectivity index (χ4v) is 3.50. The molecule has 26 heavy (non-hydrogen) atoms. The van der Waals surface area contributed by atoms with Gasteiger partial charge in [-0.2, -0.15) is 0 Å². The maximum Gasteiger partial charge on any atom is 0.0991 e. The highest BCUT2D eigenvalue weighted by molar-refractivity contribution is 5.34. The van der Waals surface area contributed by atoms with Crippen molar-refractivity contribution >= 4 is 0 Å². The van der Waals surface area contributed by atoms with E-state index in [-0.39, 0.29) is 0 Å². The topological polar surface area (TPSA) is 46.0 Å². The van der Waals surface area contributed by atoms with Crippen molar-refractivity contribution in [3.63, 3.8) is 0 Å². The maximum atomic E-state index is 4.09. The number of aromatic nitrogens is 3. The molecule has 0 aliphatic carbocycles. The second-order valence-electron chi connectivity index (χ2n) is 6.92. The molecule has 5 heteroatoms. The van der Waals surface area contributed by atoms with Crippen LogP contribution in [0.5, 0.6) is 0 Å². The normalized spacial score (nSPS) is 16.0. The Hall–Kier alpha value is -2.50. The molecular weight excluding hydrogens is 322 g/mol. The van der Waals surface area contributed by atoms with Crippen LogP contribution in [0.2, 0.25) is 0 Å². The first-order valence-electron chi connectivity index (χ1n) is 9.29. The van der Waals surface area contributed by atoms with E-state index in [1.165, 1.54) is 24.0 Å². The Morgan fingerprint density at radius 3 is 2.35 bits per heavy atom. The Kier molecular flexibility index (Phi) is 5.38. The van der Waals surface area contributed by atoms with Crippen molar-refractivity contribution in [1.82, 2.24) is 24.8 Å². The van der Waals surface area contributed by atoms with Gasteiger partial charge in [-0.25, -0.2) is 4.98 Å². The molecule has 5 nitrogen and oxygen atoms in total. The molecule has 1 fully saturated rings. The average Bonchev–Trinajstić information content (AvgIpc) is 3.24. The molecule has 1 aliphatic heterocycles. The molecule has 1 aliphatic rings. The molecule has 1 aromatic carbocycles. The van der Waals surface area contributed by atoms with E-state index in [1.54, 1.807) is 6.20 Å². The Labute approximate surface area is 154 Å². The van der Waals surface area contributed by atoms with Gasteiger partial charge in [-0.1, -0.05) is 12.1 Å². The molecule has 1 N–H and O–H groups in total. The molecule has 0 spiro atoms. The lowest BCUT2D eigenvalue weighted by Crippen LogP contribution is -2.41. The Morgan fingerprint density at radius 2 is 1.65 bits per heavy atom. The molecular formula is C21H25N5.